The van der Waals surface area contributed by atoms with Crippen molar-refractivity contribution in [2.24, 2.45) is 5.73 Å². The van der Waals surface area contributed by atoms with Crippen molar-refractivity contribution in [3.63, 3.8) is 0 Å². The first-order valence-corrected chi connectivity index (χ1v) is 9.20. The number of carbonyl (C=O) groups is 1. The van der Waals surface area contributed by atoms with Gasteiger partial charge in [-0.15, -0.1) is 0 Å². The van der Waals surface area contributed by atoms with Crippen LogP contribution in [0, 0.1) is 0 Å². The Kier molecular flexibility index (Phi) is 6.34. The molecule has 0 unspecified atom stereocenters. The van der Waals surface area contributed by atoms with Gasteiger partial charge in [-0.05, 0) is 42.8 Å². The fourth-order valence-corrected chi connectivity index (χ4v) is 3.39. The van der Waals surface area contributed by atoms with Gasteiger partial charge in [0.1, 0.15) is 0 Å². The van der Waals surface area contributed by atoms with E-state index in [0.717, 1.165) is 67.4 Å². The van der Waals surface area contributed by atoms with E-state index in [1.54, 1.807) is 0 Å². The lowest BCUT2D eigenvalue weighted by Gasteiger charge is -2.17. The quantitative estimate of drug-likeness (QED) is 0.583. The third-order valence-corrected chi connectivity index (χ3v) is 4.65. The van der Waals surface area contributed by atoms with Crippen LogP contribution in [0.1, 0.15) is 35.2 Å². The summed E-state index contributed by atoms with van der Waals surface area (Å²) in [5.41, 5.74) is 8.40. The lowest BCUT2D eigenvalue weighted by atomic mass is 9.86. The van der Waals surface area contributed by atoms with Crippen LogP contribution in [0.3, 0.4) is 0 Å². The molecule has 25 heavy (non-hydrogen) atoms. The molecule has 0 saturated heterocycles. The second-order valence-electron chi connectivity index (χ2n) is 6.50. The predicted molar refractivity (Wildman–Crippen MR) is 105 cm³/mol. The topological polar surface area (TPSA) is 67.2 Å². The molecule has 0 aliphatic heterocycles. The van der Waals surface area contributed by atoms with Gasteiger partial charge < -0.3 is 16.4 Å². The molecule has 1 aliphatic carbocycles. The fourth-order valence-electron chi connectivity index (χ4n) is 3.39. The van der Waals surface area contributed by atoms with Gasteiger partial charge in [0.15, 0.2) is 5.78 Å². The molecule has 4 N–H and O–H groups in total. The fraction of sp³-hybridized carbons (Fsp3) is 0.381. The van der Waals surface area contributed by atoms with E-state index >= 15 is 0 Å². The van der Waals surface area contributed by atoms with Gasteiger partial charge in [0.25, 0.3) is 0 Å². The number of carbonyl (C=O) groups excluding carboxylic acids is 1. The van der Waals surface area contributed by atoms with Crippen molar-refractivity contribution in [3.8, 4) is 0 Å². The number of unbranched alkanes of at least 4 members (excludes halogenated alkanes) is 1. The first kappa shape index (κ1) is 17.8. The molecule has 2 aromatic rings. The molecule has 0 amide bonds. The molecule has 0 fully saturated rings. The summed E-state index contributed by atoms with van der Waals surface area (Å²) in [7, 11) is 0. The molecule has 0 radical (unpaired) electrons. The minimum absolute atomic E-state index is 0.197. The minimum Gasteiger partial charge on any atom is -0.329 e. The van der Waals surface area contributed by atoms with Crippen LogP contribution in [-0.4, -0.2) is 38.5 Å². The Hall–Kier alpha value is -2.01. The molecule has 4 heteroatoms. The Morgan fingerprint density at radius 2 is 1.64 bits per heavy atom. The monoisotopic (exact) mass is 337 g/mol. The average molecular weight is 337 g/mol. The molecule has 0 heterocycles. The van der Waals surface area contributed by atoms with Crippen LogP contribution >= 0.6 is 0 Å². The molecular formula is C21H27N3O. The summed E-state index contributed by atoms with van der Waals surface area (Å²) in [6, 6.07) is 12.2. The third-order valence-electron chi connectivity index (χ3n) is 4.65. The summed E-state index contributed by atoms with van der Waals surface area (Å²) in [6.07, 6.45) is 5.03. The Labute approximate surface area is 149 Å². The summed E-state index contributed by atoms with van der Waals surface area (Å²) >= 11 is 0. The Morgan fingerprint density at radius 3 is 2.44 bits per heavy atom. The van der Waals surface area contributed by atoms with E-state index in [4.69, 9.17) is 5.73 Å². The summed E-state index contributed by atoms with van der Waals surface area (Å²) in [4.78, 5) is 12.8. The van der Waals surface area contributed by atoms with Crippen molar-refractivity contribution in [1.82, 2.24) is 10.6 Å². The van der Waals surface area contributed by atoms with Crippen molar-refractivity contribution < 1.29 is 4.79 Å². The van der Waals surface area contributed by atoms with E-state index < -0.39 is 0 Å². The smallest absolute Gasteiger partial charge is 0.189 e. The maximum Gasteiger partial charge on any atom is 0.189 e. The van der Waals surface area contributed by atoms with E-state index in [2.05, 4.69) is 41.0 Å². The van der Waals surface area contributed by atoms with Gasteiger partial charge in [-0.1, -0.05) is 36.4 Å². The first-order valence-electron chi connectivity index (χ1n) is 9.20. The lowest BCUT2D eigenvalue weighted by molar-refractivity contribution is 0.103. The molecule has 0 saturated carbocycles. The van der Waals surface area contributed by atoms with Crippen LogP contribution in [0.4, 0.5) is 0 Å². The highest BCUT2D eigenvalue weighted by atomic mass is 16.1. The van der Waals surface area contributed by atoms with Gasteiger partial charge in [0.05, 0.1) is 0 Å². The molecule has 0 bridgehead atoms. The maximum absolute atomic E-state index is 12.8. The zero-order chi connectivity index (χ0) is 17.5. The van der Waals surface area contributed by atoms with E-state index in [0.29, 0.717) is 6.54 Å². The van der Waals surface area contributed by atoms with E-state index in [-0.39, 0.29) is 5.78 Å². The SMILES string of the molecule is NCCNCCNCCCCC1=Cc2cccc3cccc(c23)C1=O. The molecule has 3 rings (SSSR count). The van der Waals surface area contributed by atoms with Gasteiger partial charge in [-0.25, -0.2) is 0 Å². The van der Waals surface area contributed by atoms with Gasteiger partial charge in [-0.2, -0.15) is 0 Å². The molecule has 132 valence electrons. The summed E-state index contributed by atoms with van der Waals surface area (Å²) in [5.74, 6) is 0.197. The Bertz CT molecular complexity index is 762. The Balaban J connectivity index is 1.50. The van der Waals surface area contributed by atoms with Crippen LogP contribution in [-0.2, 0) is 0 Å². The molecule has 0 aromatic heterocycles. The van der Waals surface area contributed by atoms with E-state index in [1.807, 2.05) is 12.1 Å². The largest absolute Gasteiger partial charge is 0.329 e. The first-order chi connectivity index (χ1) is 12.3. The summed E-state index contributed by atoms with van der Waals surface area (Å²) in [5, 5.41) is 8.93. The van der Waals surface area contributed by atoms with Gasteiger partial charge in [-0.3, -0.25) is 4.79 Å². The van der Waals surface area contributed by atoms with Crippen molar-refractivity contribution in [3.05, 3.63) is 53.1 Å². The number of nitrogens with one attached hydrogen (secondary N) is 2. The highest BCUT2D eigenvalue weighted by Gasteiger charge is 2.20. The second kappa shape index (κ2) is 8.90. The van der Waals surface area contributed by atoms with Gasteiger partial charge in [0.2, 0.25) is 0 Å². The van der Waals surface area contributed by atoms with Crippen molar-refractivity contribution >= 4 is 22.6 Å². The van der Waals surface area contributed by atoms with Crippen LogP contribution in [0.5, 0.6) is 0 Å². The molecule has 0 spiro atoms. The number of hydrogen-bond acceptors (Lipinski definition) is 4. The average Bonchev–Trinajstić information content (AvgIpc) is 2.64. The van der Waals surface area contributed by atoms with E-state index in [9.17, 15) is 4.79 Å². The highest BCUT2D eigenvalue weighted by molar-refractivity contribution is 6.22. The number of Topliss-reactive ketones (excluding diaryl/α,β-unsaturated/α-hetero) is 1. The maximum atomic E-state index is 12.8. The second-order valence-corrected chi connectivity index (χ2v) is 6.50. The normalized spacial score (nSPS) is 13.3. The zero-order valence-corrected chi connectivity index (χ0v) is 14.7. The molecule has 4 nitrogen and oxygen atoms in total. The molecular weight excluding hydrogens is 310 g/mol. The van der Waals surface area contributed by atoms with Crippen molar-refractivity contribution in [2.45, 2.75) is 19.3 Å². The summed E-state index contributed by atoms with van der Waals surface area (Å²) in [6.45, 7) is 4.43. The number of nitrogens with two attached hydrogens (primary N) is 1. The van der Waals surface area contributed by atoms with Crippen molar-refractivity contribution in [1.29, 1.82) is 0 Å². The van der Waals surface area contributed by atoms with Crippen LogP contribution < -0.4 is 16.4 Å². The van der Waals surface area contributed by atoms with Gasteiger partial charge >= 0.3 is 0 Å². The minimum atomic E-state index is 0.197. The predicted octanol–water partition coefficient (Wildman–Crippen LogP) is 2.73. The third kappa shape index (κ3) is 4.34. The van der Waals surface area contributed by atoms with Crippen LogP contribution in [0.2, 0.25) is 0 Å². The number of benzene rings is 2. The Morgan fingerprint density at radius 1 is 0.880 bits per heavy atom. The van der Waals surface area contributed by atoms with Crippen LogP contribution in [0.15, 0.2) is 42.0 Å². The van der Waals surface area contributed by atoms with Crippen molar-refractivity contribution in [2.75, 3.05) is 32.7 Å². The number of allylic oxidation sites excluding steroid dienone is 1. The molecule has 0 atom stereocenters. The number of rotatable bonds is 10. The molecule has 2 aromatic carbocycles. The lowest BCUT2D eigenvalue weighted by Crippen LogP contribution is -2.31. The van der Waals surface area contributed by atoms with Crippen LogP contribution in [0.25, 0.3) is 16.8 Å². The zero-order valence-electron chi connectivity index (χ0n) is 14.7. The number of ketones is 1. The summed E-state index contributed by atoms with van der Waals surface area (Å²) < 4.78 is 0. The molecule has 1 aliphatic rings. The highest BCUT2D eigenvalue weighted by Crippen LogP contribution is 2.32. The number of hydrogen-bond donors (Lipinski definition) is 3. The standard InChI is InChI=1S/C21H27N3O/c22-10-12-24-14-13-23-11-2-1-5-18-15-17-8-3-6-16-7-4-9-19(20(16)17)21(18)25/h3-4,6-9,15,23-24H,1-2,5,10-14,22H2. The van der Waals surface area contributed by atoms with E-state index in [1.165, 1.54) is 5.56 Å². The van der Waals surface area contributed by atoms with Gasteiger partial charge in [0, 0.05) is 42.7 Å².